The summed E-state index contributed by atoms with van der Waals surface area (Å²) in [5.74, 6) is 0.119. The lowest BCUT2D eigenvalue weighted by molar-refractivity contribution is 0.0983. The van der Waals surface area contributed by atoms with Crippen molar-refractivity contribution in [1.29, 1.82) is 0 Å². The van der Waals surface area contributed by atoms with Gasteiger partial charge in [0.25, 0.3) is 0 Å². The van der Waals surface area contributed by atoms with Crippen molar-refractivity contribution in [2.24, 2.45) is 0 Å². The molecule has 0 unspecified atom stereocenters. The van der Waals surface area contributed by atoms with Gasteiger partial charge in [0.1, 0.15) is 0 Å². The first kappa shape index (κ1) is 9.13. The minimum absolute atomic E-state index is 0.119. The van der Waals surface area contributed by atoms with Gasteiger partial charge in [0.05, 0.1) is 0 Å². The van der Waals surface area contributed by atoms with Gasteiger partial charge >= 0.3 is 0 Å². The van der Waals surface area contributed by atoms with Gasteiger partial charge in [-0.1, -0.05) is 6.08 Å². The first-order valence-corrected chi connectivity index (χ1v) is 4.62. The number of hydrogen-bond acceptors (Lipinski definition) is 3. The van der Waals surface area contributed by atoms with E-state index >= 15 is 0 Å². The van der Waals surface area contributed by atoms with Crippen molar-refractivity contribution in [3.05, 3.63) is 28.7 Å². The van der Waals surface area contributed by atoms with E-state index in [1.54, 1.807) is 12.3 Å². The molecule has 1 heterocycles. The number of aryl methyl sites for hydroxylation is 1. The van der Waals surface area contributed by atoms with Crippen LogP contribution in [0.5, 0.6) is 0 Å². The third-order valence-electron chi connectivity index (χ3n) is 1.44. The normalized spacial score (nSPS) is 9.75. The number of carbonyl (C=O) groups is 1. The minimum Gasteiger partial charge on any atom is -0.292 e. The molecule has 2 nitrogen and oxygen atoms in total. The maximum Gasteiger partial charge on any atom is 0.191 e. The fourth-order valence-electron chi connectivity index (χ4n) is 0.824. The van der Waals surface area contributed by atoms with Gasteiger partial charge in [-0.3, -0.25) is 4.79 Å². The minimum atomic E-state index is 0.119. The van der Waals surface area contributed by atoms with E-state index < -0.39 is 0 Å². The van der Waals surface area contributed by atoms with Gasteiger partial charge < -0.3 is 0 Å². The average Bonchev–Trinajstić information content (AvgIpc) is 2.47. The van der Waals surface area contributed by atoms with Crippen molar-refractivity contribution in [3.8, 4) is 0 Å². The Bertz CT molecular complexity index is 290. The van der Waals surface area contributed by atoms with Crippen molar-refractivity contribution >= 4 is 17.1 Å². The molecule has 0 aliphatic rings. The molecule has 0 aliphatic carbocycles. The second-order valence-electron chi connectivity index (χ2n) is 2.53. The summed E-state index contributed by atoms with van der Waals surface area (Å²) in [7, 11) is 0. The van der Waals surface area contributed by atoms with E-state index in [1.165, 1.54) is 11.3 Å². The number of rotatable bonds is 4. The zero-order chi connectivity index (χ0) is 8.97. The Morgan fingerprint density at radius 3 is 3.08 bits per heavy atom. The highest BCUT2D eigenvalue weighted by Gasteiger charge is 2.07. The lowest BCUT2D eigenvalue weighted by Gasteiger charge is -1.90. The summed E-state index contributed by atoms with van der Waals surface area (Å²) in [6.45, 7) is 5.51. The lowest BCUT2D eigenvalue weighted by Crippen LogP contribution is -1.96. The quantitative estimate of drug-likeness (QED) is 0.528. The van der Waals surface area contributed by atoms with Gasteiger partial charge in [-0.15, -0.1) is 17.9 Å². The second-order valence-corrected chi connectivity index (χ2v) is 3.76. The number of aromatic nitrogens is 1. The lowest BCUT2D eigenvalue weighted by atomic mass is 10.2. The number of ketones is 1. The SMILES string of the molecule is C=CCCC(=O)c1ncc(C)s1. The zero-order valence-corrected chi connectivity index (χ0v) is 7.86. The van der Waals surface area contributed by atoms with E-state index in [-0.39, 0.29) is 5.78 Å². The highest BCUT2D eigenvalue weighted by molar-refractivity contribution is 7.13. The Balaban J connectivity index is 2.59. The number of hydrogen-bond donors (Lipinski definition) is 0. The smallest absolute Gasteiger partial charge is 0.191 e. The molecule has 64 valence electrons. The van der Waals surface area contributed by atoms with Crippen LogP contribution in [0.4, 0.5) is 0 Å². The molecule has 0 fully saturated rings. The summed E-state index contributed by atoms with van der Waals surface area (Å²) in [5.41, 5.74) is 0. The molecule has 1 aromatic heterocycles. The van der Waals surface area contributed by atoms with Crippen LogP contribution in [0.1, 0.15) is 27.5 Å². The average molecular weight is 181 g/mol. The van der Waals surface area contributed by atoms with Crippen molar-refractivity contribution < 1.29 is 4.79 Å². The Labute approximate surface area is 76.0 Å². The molecular formula is C9H11NOS. The summed E-state index contributed by atoms with van der Waals surface area (Å²) in [6.07, 6.45) is 4.73. The van der Waals surface area contributed by atoms with Gasteiger partial charge in [0, 0.05) is 17.5 Å². The molecule has 0 aliphatic heterocycles. The van der Waals surface area contributed by atoms with E-state index in [9.17, 15) is 4.79 Å². The molecule has 12 heavy (non-hydrogen) atoms. The van der Waals surface area contributed by atoms with Gasteiger partial charge in [-0.2, -0.15) is 0 Å². The first-order valence-electron chi connectivity index (χ1n) is 3.80. The highest BCUT2D eigenvalue weighted by Crippen LogP contribution is 2.13. The summed E-state index contributed by atoms with van der Waals surface area (Å²) in [4.78, 5) is 16.4. The summed E-state index contributed by atoms with van der Waals surface area (Å²) < 4.78 is 0. The van der Waals surface area contributed by atoms with E-state index in [1.807, 2.05) is 6.92 Å². The predicted molar refractivity (Wildman–Crippen MR) is 50.6 cm³/mol. The third-order valence-corrected chi connectivity index (χ3v) is 2.39. The molecule has 3 heteroatoms. The van der Waals surface area contributed by atoms with Crippen molar-refractivity contribution in [1.82, 2.24) is 4.98 Å². The molecule has 1 rings (SSSR count). The largest absolute Gasteiger partial charge is 0.292 e. The number of carbonyl (C=O) groups excluding carboxylic acids is 1. The van der Waals surface area contributed by atoms with Crippen LogP contribution in [0.3, 0.4) is 0 Å². The molecule has 0 radical (unpaired) electrons. The van der Waals surface area contributed by atoms with Gasteiger partial charge in [0.2, 0.25) is 0 Å². The van der Waals surface area contributed by atoms with Crippen LogP contribution < -0.4 is 0 Å². The highest BCUT2D eigenvalue weighted by atomic mass is 32.1. The second kappa shape index (κ2) is 4.16. The number of thiazole rings is 1. The van der Waals surface area contributed by atoms with Gasteiger partial charge in [0.15, 0.2) is 10.8 Å². The Morgan fingerprint density at radius 1 is 1.83 bits per heavy atom. The van der Waals surface area contributed by atoms with Crippen LogP contribution >= 0.6 is 11.3 Å². The molecular weight excluding hydrogens is 170 g/mol. The van der Waals surface area contributed by atoms with Crippen LogP contribution in [0.15, 0.2) is 18.9 Å². The predicted octanol–water partition coefficient (Wildman–Crippen LogP) is 2.60. The molecule has 0 spiro atoms. The molecule has 1 aromatic rings. The van der Waals surface area contributed by atoms with Crippen molar-refractivity contribution in [2.45, 2.75) is 19.8 Å². The maximum absolute atomic E-state index is 11.3. The first-order chi connectivity index (χ1) is 5.74. The molecule has 0 N–H and O–H groups in total. The van der Waals surface area contributed by atoms with Crippen molar-refractivity contribution in [2.75, 3.05) is 0 Å². The Hall–Kier alpha value is -0.960. The topological polar surface area (TPSA) is 30.0 Å². The number of allylic oxidation sites excluding steroid dienone is 1. The summed E-state index contributed by atoms with van der Waals surface area (Å²) in [6, 6.07) is 0. The van der Waals surface area contributed by atoms with Crippen molar-refractivity contribution in [3.63, 3.8) is 0 Å². The Kier molecular flexibility index (Phi) is 3.17. The number of Topliss-reactive ketones (excluding diaryl/α,β-unsaturated/α-hetero) is 1. The fraction of sp³-hybridized carbons (Fsp3) is 0.333. The molecule has 0 bridgehead atoms. The molecule has 0 amide bonds. The molecule has 0 atom stereocenters. The van der Waals surface area contributed by atoms with Crippen LogP contribution in [0, 0.1) is 6.92 Å². The van der Waals surface area contributed by atoms with Crippen LogP contribution in [0.2, 0.25) is 0 Å². The van der Waals surface area contributed by atoms with Crippen LogP contribution in [0.25, 0.3) is 0 Å². The maximum atomic E-state index is 11.3. The summed E-state index contributed by atoms with van der Waals surface area (Å²) in [5, 5.41) is 0.620. The molecule has 0 saturated carbocycles. The monoisotopic (exact) mass is 181 g/mol. The third kappa shape index (κ3) is 2.27. The van der Waals surface area contributed by atoms with Crippen LogP contribution in [-0.2, 0) is 0 Å². The van der Waals surface area contributed by atoms with E-state index in [2.05, 4.69) is 11.6 Å². The van der Waals surface area contributed by atoms with Crippen LogP contribution in [-0.4, -0.2) is 10.8 Å². The van der Waals surface area contributed by atoms with Gasteiger partial charge in [-0.05, 0) is 13.3 Å². The summed E-state index contributed by atoms with van der Waals surface area (Å²) >= 11 is 1.45. The Morgan fingerprint density at radius 2 is 2.58 bits per heavy atom. The standard InChI is InChI=1S/C9H11NOS/c1-3-4-5-8(11)9-10-6-7(2)12-9/h3,6H,1,4-5H2,2H3. The number of nitrogens with zero attached hydrogens (tertiary/aromatic N) is 1. The van der Waals surface area contributed by atoms with E-state index in [0.29, 0.717) is 11.4 Å². The van der Waals surface area contributed by atoms with E-state index in [4.69, 9.17) is 0 Å². The van der Waals surface area contributed by atoms with E-state index in [0.717, 1.165) is 11.3 Å². The van der Waals surface area contributed by atoms with Gasteiger partial charge in [-0.25, -0.2) is 4.98 Å². The molecule has 0 aromatic carbocycles. The zero-order valence-electron chi connectivity index (χ0n) is 7.04. The fourth-order valence-corrected chi connectivity index (χ4v) is 1.56. The molecule has 0 saturated heterocycles.